The van der Waals surface area contributed by atoms with Gasteiger partial charge in [0, 0.05) is 19.5 Å². The second-order valence-corrected chi connectivity index (χ2v) is 14.6. The van der Waals surface area contributed by atoms with E-state index in [2.05, 4.69) is 20.8 Å². The van der Waals surface area contributed by atoms with Gasteiger partial charge in [-0.15, -0.1) is 0 Å². The second kappa shape index (κ2) is 32.9. The molecule has 4 nitrogen and oxygen atoms in total. The third kappa shape index (κ3) is 25.7. The number of carboxylic acid groups (broad SMARTS) is 1. The van der Waals surface area contributed by atoms with Gasteiger partial charge in [-0.25, -0.2) is 0 Å². The van der Waals surface area contributed by atoms with Crippen molar-refractivity contribution in [1.82, 2.24) is 4.90 Å². The minimum absolute atomic E-state index is 0.0107. The quantitative estimate of drug-likeness (QED) is 0.0705. The first-order valence-electron chi connectivity index (χ1n) is 20.4. The molecule has 1 N–H and O–H groups in total. The highest BCUT2D eigenvalue weighted by molar-refractivity contribution is 5.84. The zero-order valence-corrected chi connectivity index (χ0v) is 31.4. The number of carboxylic acids is 1. The van der Waals surface area contributed by atoms with E-state index in [0.29, 0.717) is 0 Å². The number of nitrogens with zero attached hydrogens (tertiary/aromatic N) is 1. The molecular weight excluding hydrogens is 554 g/mol. The van der Waals surface area contributed by atoms with Gasteiger partial charge in [-0.2, -0.15) is 0 Å². The van der Waals surface area contributed by atoms with Crippen LogP contribution in [-0.2, 0) is 9.59 Å². The highest BCUT2D eigenvalue weighted by Gasteiger charge is 2.36. The Bertz CT molecular complexity index is 651. The molecule has 0 aliphatic heterocycles. The molecule has 4 heteroatoms. The van der Waals surface area contributed by atoms with Crippen molar-refractivity contribution in [2.75, 3.05) is 13.6 Å². The van der Waals surface area contributed by atoms with Gasteiger partial charge in [0.15, 0.2) is 0 Å². The number of carbonyl (C=O) groups excluding carboxylic acids is 1. The standard InChI is InChI=1S/C41H81NO3/c1-6-9-11-13-15-17-19-21-22-23-24-26-28-30-32-34-36-42(5)40(43)37(4)39(41(44)45)38(8-3)35-33-31-29-27-25-20-18-16-14-12-10-7-2/h37-39H,6-36H2,1-5H3,(H,44,45). The fraction of sp³-hybridized carbons (Fsp3) is 0.951. The summed E-state index contributed by atoms with van der Waals surface area (Å²) in [5, 5.41) is 10.1. The van der Waals surface area contributed by atoms with Crippen molar-refractivity contribution in [1.29, 1.82) is 0 Å². The summed E-state index contributed by atoms with van der Waals surface area (Å²) in [5.41, 5.74) is 0. The van der Waals surface area contributed by atoms with E-state index in [9.17, 15) is 14.7 Å². The summed E-state index contributed by atoms with van der Waals surface area (Å²) in [6.45, 7) is 9.25. The number of unbranched alkanes of at least 4 members (excludes halogenated alkanes) is 26. The predicted octanol–water partition coefficient (Wildman–Crippen LogP) is 13.2. The van der Waals surface area contributed by atoms with Gasteiger partial charge in [0.25, 0.3) is 0 Å². The van der Waals surface area contributed by atoms with Crippen LogP contribution in [-0.4, -0.2) is 35.5 Å². The Kier molecular flexibility index (Phi) is 32.1. The molecule has 0 saturated heterocycles. The van der Waals surface area contributed by atoms with E-state index in [4.69, 9.17) is 0 Å². The molecule has 0 spiro atoms. The van der Waals surface area contributed by atoms with Crippen LogP contribution in [0.4, 0.5) is 0 Å². The lowest BCUT2D eigenvalue weighted by atomic mass is 9.77. The molecular formula is C41H81NO3. The van der Waals surface area contributed by atoms with Crippen LogP contribution in [0.2, 0.25) is 0 Å². The lowest BCUT2D eigenvalue weighted by Gasteiger charge is -2.30. The number of hydrogen-bond donors (Lipinski definition) is 1. The molecule has 3 unspecified atom stereocenters. The number of carbonyl (C=O) groups is 2. The lowest BCUT2D eigenvalue weighted by molar-refractivity contribution is -0.152. The summed E-state index contributed by atoms with van der Waals surface area (Å²) in [4.78, 5) is 27.4. The maximum atomic E-state index is 13.2. The minimum atomic E-state index is -0.794. The van der Waals surface area contributed by atoms with E-state index >= 15 is 0 Å². The van der Waals surface area contributed by atoms with Gasteiger partial charge >= 0.3 is 5.97 Å². The van der Waals surface area contributed by atoms with E-state index in [-0.39, 0.29) is 11.8 Å². The first-order valence-corrected chi connectivity index (χ1v) is 20.4. The summed E-state index contributed by atoms with van der Waals surface area (Å²) in [5.74, 6) is -1.75. The number of rotatable bonds is 35. The highest BCUT2D eigenvalue weighted by Crippen LogP contribution is 2.30. The largest absolute Gasteiger partial charge is 0.481 e. The molecule has 0 bridgehead atoms. The number of hydrogen-bond acceptors (Lipinski definition) is 2. The topological polar surface area (TPSA) is 57.6 Å². The molecule has 1 amide bonds. The van der Waals surface area contributed by atoms with E-state index in [1.165, 1.54) is 161 Å². The zero-order valence-electron chi connectivity index (χ0n) is 31.4. The van der Waals surface area contributed by atoms with Crippen molar-refractivity contribution in [3.8, 4) is 0 Å². The van der Waals surface area contributed by atoms with Crippen molar-refractivity contribution in [3.05, 3.63) is 0 Å². The van der Waals surface area contributed by atoms with Crippen LogP contribution in [0.3, 0.4) is 0 Å². The molecule has 0 fully saturated rings. The maximum Gasteiger partial charge on any atom is 0.307 e. The van der Waals surface area contributed by atoms with Crippen LogP contribution in [0.1, 0.15) is 220 Å². The van der Waals surface area contributed by atoms with Crippen LogP contribution in [0.15, 0.2) is 0 Å². The summed E-state index contributed by atoms with van der Waals surface area (Å²) in [7, 11) is 1.87. The van der Waals surface area contributed by atoms with Gasteiger partial charge in [0.2, 0.25) is 5.91 Å². The van der Waals surface area contributed by atoms with Gasteiger partial charge in [-0.05, 0) is 18.8 Å². The SMILES string of the molecule is CCCCCCCCCCCCCCCCCCN(C)C(=O)C(C)C(C(=O)O)C(CC)CCCCCCCCCCCCCC. The maximum absolute atomic E-state index is 13.2. The Labute approximate surface area is 282 Å². The Morgan fingerprint density at radius 3 is 1.13 bits per heavy atom. The summed E-state index contributed by atoms with van der Waals surface area (Å²) < 4.78 is 0. The first kappa shape index (κ1) is 43.9. The summed E-state index contributed by atoms with van der Waals surface area (Å²) in [6.07, 6.45) is 39.0. The predicted molar refractivity (Wildman–Crippen MR) is 197 cm³/mol. The molecule has 0 radical (unpaired) electrons. The van der Waals surface area contributed by atoms with E-state index in [1.807, 2.05) is 14.0 Å². The van der Waals surface area contributed by atoms with Gasteiger partial charge in [0.05, 0.1) is 5.92 Å². The van der Waals surface area contributed by atoms with Crippen molar-refractivity contribution >= 4 is 11.9 Å². The Balaban J connectivity index is 4.03. The molecule has 0 heterocycles. The fourth-order valence-corrected chi connectivity index (χ4v) is 7.22. The highest BCUT2D eigenvalue weighted by atomic mass is 16.4. The van der Waals surface area contributed by atoms with Crippen molar-refractivity contribution in [3.63, 3.8) is 0 Å². The first-order chi connectivity index (χ1) is 21.9. The van der Waals surface area contributed by atoms with Crippen LogP contribution >= 0.6 is 0 Å². The van der Waals surface area contributed by atoms with Gasteiger partial charge in [-0.1, -0.05) is 207 Å². The van der Waals surface area contributed by atoms with E-state index < -0.39 is 17.8 Å². The van der Waals surface area contributed by atoms with Crippen LogP contribution in [0.5, 0.6) is 0 Å². The monoisotopic (exact) mass is 636 g/mol. The third-order valence-electron chi connectivity index (χ3n) is 10.4. The molecule has 0 aliphatic rings. The molecule has 0 aromatic carbocycles. The molecule has 0 aromatic rings. The number of amides is 1. The molecule has 45 heavy (non-hydrogen) atoms. The Morgan fingerprint density at radius 2 is 0.822 bits per heavy atom. The number of aliphatic carboxylic acids is 1. The normalized spacial score (nSPS) is 13.5. The average Bonchev–Trinajstić information content (AvgIpc) is 3.03. The van der Waals surface area contributed by atoms with Crippen LogP contribution in [0, 0.1) is 17.8 Å². The zero-order chi connectivity index (χ0) is 33.4. The summed E-state index contributed by atoms with van der Waals surface area (Å²) >= 11 is 0. The van der Waals surface area contributed by atoms with Gasteiger partial charge < -0.3 is 10.0 Å². The second-order valence-electron chi connectivity index (χ2n) is 14.6. The summed E-state index contributed by atoms with van der Waals surface area (Å²) in [6, 6.07) is 0. The molecule has 3 atom stereocenters. The third-order valence-corrected chi connectivity index (χ3v) is 10.4. The van der Waals surface area contributed by atoms with Crippen molar-refractivity contribution < 1.29 is 14.7 Å². The Morgan fingerprint density at radius 1 is 0.511 bits per heavy atom. The van der Waals surface area contributed by atoms with Crippen LogP contribution < -0.4 is 0 Å². The molecule has 0 saturated carbocycles. The van der Waals surface area contributed by atoms with Gasteiger partial charge in [-0.3, -0.25) is 9.59 Å². The fourth-order valence-electron chi connectivity index (χ4n) is 7.22. The Hall–Kier alpha value is -1.06. The van der Waals surface area contributed by atoms with Crippen LogP contribution in [0.25, 0.3) is 0 Å². The molecule has 0 aliphatic carbocycles. The molecule has 0 aromatic heterocycles. The minimum Gasteiger partial charge on any atom is -0.481 e. The van der Waals surface area contributed by atoms with Gasteiger partial charge in [0.1, 0.15) is 0 Å². The van der Waals surface area contributed by atoms with E-state index in [1.54, 1.807) is 4.90 Å². The average molecular weight is 636 g/mol. The lowest BCUT2D eigenvalue weighted by Crippen LogP contribution is -2.41. The van der Waals surface area contributed by atoms with Crippen molar-refractivity contribution in [2.24, 2.45) is 17.8 Å². The van der Waals surface area contributed by atoms with E-state index in [0.717, 1.165) is 38.6 Å². The molecule has 268 valence electrons. The van der Waals surface area contributed by atoms with Crippen molar-refractivity contribution in [2.45, 2.75) is 220 Å². The molecule has 0 rings (SSSR count). The smallest absolute Gasteiger partial charge is 0.307 e.